The third kappa shape index (κ3) is 7.46. The topological polar surface area (TPSA) is 73.0 Å². The number of phenolic OH excluding ortho intramolecular Hbond substituents is 1. The van der Waals surface area contributed by atoms with Gasteiger partial charge in [-0.3, -0.25) is 9.69 Å². The van der Waals surface area contributed by atoms with Crippen molar-refractivity contribution in [2.24, 2.45) is 11.7 Å². The van der Waals surface area contributed by atoms with E-state index in [0.717, 1.165) is 67.5 Å². The Morgan fingerprint density at radius 1 is 0.976 bits per heavy atom. The Hall–Kier alpha value is -2.55. The molecule has 0 bridgehead atoms. The number of phenols is 1. The second-order valence-electron chi connectivity index (χ2n) is 11.2. The minimum Gasteiger partial charge on any atom is -0.508 e. The third-order valence-corrected chi connectivity index (χ3v) is 9.73. The number of amides is 1. The predicted molar refractivity (Wildman–Crippen MR) is 169 cm³/mol. The van der Waals surface area contributed by atoms with Gasteiger partial charge in [0.2, 0.25) is 5.91 Å². The monoisotopic (exact) mass is 592 g/mol. The number of carbonyl (C=O) groups is 1. The van der Waals surface area contributed by atoms with Crippen molar-refractivity contribution >= 4 is 29.3 Å². The number of rotatable bonds is 9. The minimum absolute atomic E-state index is 0.0851. The molecule has 218 valence electrons. The largest absolute Gasteiger partial charge is 0.508 e. The van der Waals surface area contributed by atoms with Crippen LogP contribution in [0.4, 0.5) is 0 Å². The maximum atomic E-state index is 13.3. The van der Waals surface area contributed by atoms with Crippen LogP contribution in [-0.2, 0) is 17.8 Å². The molecule has 2 heterocycles. The number of hydrogen-bond acceptors (Lipinski definition) is 6. The fraction of sp³-hybridized carbons (Fsp3) is 0.424. The van der Waals surface area contributed by atoms with E-state index in [2.05, 4.69) is 46.2 Å². The smallest absolute Gasteiger partial charge is 0.239 e. The van der Waals surface area contributed by atoms with E-state index in [-0.39, 0.29) is 11.8 Å². The van der Waals surface area contributed by atoms with Gasteiger partial charge in [-0.25, -0.2) is 0 Å². The number of piperazine rings is 1. The van der Waals surface area contributed by atoms with Crippen LogP contribution in [0.1, 0.15) is 24.0 Å². The van der Waals surface area contributed by atoms with Crippen LogP contribution in [0.3, 0.4) is 0 Å². The van der Waals surface area contributed by atoms with Gasteiger partial charge in [0.15, 0.2) is 0 Å². The molecule has 3 N–H and O–H groups in total. The summed E-state index contributed by atoms with van der Waals surface area (Å²) in [6.07, 6.45) is 4.85. The zero-order valence-corrected chi connectivity index (χ0v) is 25.4. The number of piperidine rings is 1. The van der Waals surface area contributed by atoms with Crippen LogP contribution in [0.15, 0.2) is 71.6 Å². The summed E-state index contributed by atoms with van der Waals surface area (Å²) in [5.41, 5.74) is 11.3. The molecule has 3 aromatic rings. The van der Waals surface area contributed by atoms with Gasteiger partial charge in [-0.1, -0.05) is 54.1 Å². The quantitative estimate of drug-likeness (QED) is 0.326. The molecule has 0 aliphatic carbocycles. The lowest BCUT2D eigenvalue weighted by molar-refractivity contribution is -0.136. The van der Waals surface area contributed by atoms with Crippen LogP contribution in [0.25, 0.3) is 11.1 Å². The summed E-state index contributed by atoms with van der Waals surface area (Å²) in [6, 6.07) is 21.9. The number of nitrogens with two attached hydrogens (primary N) is 1. The number of halogens is 1. The lowest BCUT2D eigenvalue weighted by atomic mass is 9.88. The summed E-state index contributed by atoms with van der Waals surface area (Å²) >= 11 is 8.01. The van der Waals surface area contributed by atoms with Gasteiger partial charge in [-0.15, -0.1) is 11.8 Å². The van der Waals surface area contributed by atoms with Crippen LogP contribution >= 0.6 is 23.4 Å². The van der Waals surface area contributed by atoms with E-state index in [1.54, 1.807) is 17.8 Å². The molecule has 2 fully saturated rings. The van der Waals surface area contributed by atoms with Gasteiger partial charge < -0.3 is 20.6 Å². The van der Waals surface area contributed by atoms with E-state index in [1.165, 1.54) is 16.7 Å². The van der Waals surface area contributed by atoms with E-state index < -0.39 is 6.04 Å². The fourth-order valence-corrected chi connectivity index (χ4v) is 6.97. The molecule has 5 rings (SSSR count). The summed E-state index contributed by atoms with van der Waals surface area (Å²) in [4.78, 5) is 21.2. The molecular formula is C33H41ClN4O2S. The van der Waals surface area contributed by atoms with E-state index >= 15 is 0 Å². The molecule has 2 saturated heterocycles. The number of carbonyl (C=O) groups excluding carboxylic acids is 1. The summed E-state index contributed by atoms with van der Waals surface area (Å²) in [5.74, 6) is 0.642. The number of aromatic hydroxyl groups is 1. The molecule has 6 nitrogen and oxygen atoms in total. The molecule has 41 heavy (non-hydrogen) atoms. The molecule has 3 aromatic carbocycles. The van der Waals surface area contributed by atoms with Crippen LogP contribution < -0.4 is 5.73 Å². The molecule has 0 saturated carbocycles. The van der Waals surface area contributed by atoms with Gasteiger partial charge in [-0.05, 0) is 85.5 Å². The Bertz CT molecular complexity index is 1310. The van der Waals surface area contributed by atoms with Gasteiger partial charge in [-0.2, -0.15) is 0 Å². The zero-order valence-electron chi connectivity index (χ0n) is 23.8. The van der Waals surface area contributed by atoms with Crippen molar-refractivity contribution in [1.82, 2.24) is 14.7 Å². The van der Waals surface area contributed by atoms with Gasteiger partial charge in [0.05, 0.1) is 6.04 Å². The average Bonchev–Trinajstić information content (AvgIpc) is 3.01. The first-order chi connectivity index (χ1) is 19.9. The first-order valence-electron chi connectivity index (χ1n) is 14.6. The first kappa shape index (κ1) is 29.9. The number of benzene rings is 3. The average molecular weight is 593 g/mol. The van der Waals surface area contributed by atoms with Crippen molar-refractivity contribution < 1.29 is 9.90 Å². The summed E-state index contributed by atoms with van der Waals surface area (Å²) in [6.45, 7) is 6.50. The van der Waals surface area contributed by atoms with Crippen molar-refractivity contribution in [1.29, 1.82) is 0 Å². The number of hydrogen-bond donors (Lipinski definition) is 2. The van der Waals surface area contributed by atoms with Crippen molar-refractivity contribution in [3.63, 3.8) is 0 Å². The van der Waals surface area contributed by atoms with E-state index in [4.69, 9.17) is 17.3 Å². The van der Waals surface area contributed by atoms with Gasteiger partial charge >= 0.3 is 0 Å². The number of likely N-dealkylation sites (tertiary alicyclic amines) is 1. The Balaban J connectivity index is 1.08. The summed E-state index contributed by atoms with van der Waals surface area (Å²) in [5, 5.41) is 11.1. The van der Waals surface area contributed by atoms with Crippen molar-refractivity contribution in [3.05, 3.63) is 82.9 Å². The van der Waals surface area contributed by atoms with Gasteiger partial charge in [0.25, 0.3) is 0 Å². The van der Waals surface area contributed by atoms with Gasteiger partial charge in [0, 0.05) is 54.8 Å². The highest BCUT2D eigenvalue weighted by atomic mass is 35.5. The normalized spacial score (nSPS) is 18.0. The Morgan fingerprint density at radius 2 is 1.71 bits per heavy atom. The van der Waals surface area contributed by atoms with Crippen LogP contribution in [-0.4, -0.2) is 83.8 Å². The lowest BCUT2D eigenvalue weighted by Crippen LogP contribution is -2.55. The van der Waals surface area contributed by atoms with Crippen molar-refractivity contribution in [2.75, 3.05) is 52.1 Å². The lowest BCUT2D eigenvalue weighted by Gasteiger charge is -2.39. The SMILES string of the molecule is CSc1cccc(O)c1CN1CCN(C(=O)[C@H](N)C2CCN(CCc3cc(Cl)ccc3-c3ccccc3)CC2)CC1. The molecule has 0 radical (unpaired) electrons. The molecular weight excluding hydrogens is 552 g/mol. The standard InChI is InChI=1S/C33H41ClN4O2S/c1-41-31-9-5-8-30(39)29(31)23-37-18-20-38(21-19-37)33(40)32(35)25-12-15-36(16-13-25)17-14-26-22-27(34)10-11-28(26)24-6-3-2-4-7-24/h2-11,22,25,32,39H,12-21,23,35H2,1H3/t32-/m1/s1. The zero-order chi connectivity index (χ0) is 28.8. The van der Waals surface area contributed by atoms with Crippen LogP contribution in [0, 0.1) is 5.92 Å². The highest BCUT2D eigenvalue weighted by molar-refractivity contribution is 7.98. The highest BCUT2D eigenvalue weighted by Crippen LogP contribution is 2.30. The van der Waals surface area contributed by atoms with Crippen LogP contribution in [0.2, 0.25) is 5.02 Å². The molecule has 1 amide bonds. The summed E-state index contributed by atoms with van der Waals surface area (Å²) in [7, 11) is 0. The first-order valence-corrected chi connectivity index (χ1v) is 16.2. The van der Waals surface area contributed by atoms with E-state index in [1.807, 2.05) is 35.4 Å². The van der Waals surface area contributed by atoms with Crippen LogP contribution in [0.5, 0.6) is 5.75 Å². The molecule has 0 unspecified atom stereocenters. The summed E-state index contributed by atoms with van der Waals surface area (Å²) < 4.78 is 0. The number of thioether (sulfide) groups is 1. The van der Waals surface area contributed by atoms with Crippen molar-refractivity contribution in [2.45, 2.75) is 36.7 Å². The van der Waals surface area contributed by atoms with Gasteiger partial charge in [0.1, 0.15) is 5.75 Å². The van der Waals surface area contributed by atoms with Crippen molar-refractivity contribution in [3.8, 4) is 16.9 Å². The highest BCUT2D eigenvalue weighted by Gasteiger charge is 2.33. The second kappa shape index (κ2) is 14.1. The number of nitrogens with zero attached hydrogens (tertiary/aromatic N) is 3. The molecule has 8 heteroatoms. The fourth-order valence-electron chi connectivity index (χ4n) is 6.15. The van der Waals surface area contributed by atoms with E-state index in [9.17, 15) is 9.90 Å². The molecule has 2 aliphatic heterocycles. The second-order valence-corrected chi connectivity index (χ2v) is 12.5. The van der Waals surface area contributed by atoms with E-state index in [0.29, 0.717) is 25.4 Å². The Labute approximate surface area is 253 Å². The molecule has 2 aliphatic rings. The maximum Gasteiger partial charge on any atom is 0.239 e. The third-order valence-electron chi connectivity index (χ3n) is 8.67. The Kier molecular flexibility index (Phi) is 10.3. The molecule has 0 aromatic heterocycles. The Morgan fingerprint density at radius 3 is 2.41 bits per heavy atom. The maximum absolute atomic E-state index is 13.3. The minimum atomic E-state index is -0.442. The molecule has 0 spiro atoms. The molecule has 1 atom stereocenters. The predicted octanol–water partition coefficient (Wildman–Crippen LogP) is 5.36.